The molecule has 1 heterocycles. The molecule has 1 unspecified atom stereocenters. The Kier molecular flexibility index (Phi) is 6.67. The van der Waals surface area contributed by atoms with Crippen molar-refractivity contribution in [1.82, 2.24) is 20.9 Å². The molecule has 0 saturated carbocycles. The van der Waals surface area contributed by atoms with Crippen LogP contribution in [-0.4, -0.2) is 67.8 Å². The molecule has 1 atom stereocenters. The van der Waals surface area contributed by atoms with E-state index in [1.165, 1.54) is 4.90 Å². The summed E-state index contributed by atoms with van der Waals surface area (Å²) in [7, 11) is 1.55. The first-order valence-electron chi connectivity index (χ1n) is 7.56. The Hall–Kier alpha value is -1.51. The number of alkyl halides is 3. The van der Waals surface area contributed by atoms with Crippen LogP contribution in [0.2, 0.25) is 0 Å². The van der Waals surface area contributed by atoms with E-state index in [-0.39, 0.29) is 24.0 Å². The largest absolute Gasteiger partial charge is 0.401 e. The number of amides is 1. The molecule has 0 aliphatic carbocycles. The number of hydrogen-bond donors (Lipinski definition) is 3. The average molecular weight is 337 g/mol. The van der Waals surface area contributed by atoms with Crippen molar-refractivity contribution in [1.29, 1.82) is 0 Å². The first-order chi connectivity index (χ1) is 10.5. The topological polar surface area (TPSA) is 68.8 Å². The van der Waals surface area contributed by atoms with Gasteiger partial charge < -0.3 is 16.0 Å². The van der Waals surface area contributed by atoms with Gasteiger partial charge in [0.2, 0.25) is 5.91 Å². The maximum atomic E-state index is 12.4. The molecule has 0 aromatic heterocycles. The third-order valence-corrected chi connectivity index (χ3v) is 3.17. The highest BCUT2D eigenvalue weighted by Gasteiger charge is 2.34. The minimum absolute atomic E-state index is 0.0515. The molecule has 0 aromatic carbocycles. The van der Waals surface area contributed by atoms with E-state index in [2.05, 4.69) is 20.9 Å². The minimum Gasteiger partial charge on any atom is -0.352 e. The van der Waals surface area contributed by atoms with Crippen LogP contribution in [0.1, 0.15) is 27.2 Å². The number of nitrogens with one attached hydrogen (secondary N) is 3. The third kappa shape index (κ3) is 8.63. The fourth-order valence-corrected chi connectivity index (χ4v) is 2.36. The monoisotopic (exact) mass is 337 g/mol. The summed E-state index contributed by atoms with van der Waals surface area (Å²) in [6, 6.07) is -0.116. The summed E-state index contributed by atoms with van der Waals surface area (Å²) in [6.07, 6.45) is -3.58. The van der Waals surface area contributed by atoms with E-state index in [0.29, 0.717) is 25.5 Å². The quantitative estimate of drug-likeness (QED) is 0.522. The van der Waals surface area contributed by atoms with Gasteiger partial charge in [-0.1, -0.05) is 0 Å². The fourth-order valence-electron chi connectivity index (χ4n) is 2.36. The highest BCUT2D eigenvalue weighted by molar-refractivity contribution is 5.86. The Bertz CT molecular complexity index is 431. The fraction of sp³-hybridized carbons (Fsp3) is 0.857. The van der Waals surface area contributed by atoms with Gasteiger partial charge in [-0.25, -0.2) is 0 Å². The Morgan fingerprint density at radius 2 is 1.96 bits per heavy atom. The van der Waals surface area contributed by atoms with Crippen LogP contribution in [0.5, 0.6) is 0 Å². The smallest absolute Gasteiger partial charge is 0.352 e. The summed E-state index contributed by atoms with van der Waals surface area (Å²) in [5, 5.41) is 8.72. The molecule has 0 spiro atoms. The molecular weight excluding hydrogens is 311 g/mol. The number of nitrogens with zero attached hydrogens (tertiary/aromatic N) is 2. The van der Waals surface area contributed by atoms with E-state index in [9.17, 15) is 18.0 Å². The van der Waals surface area contributed by atoms with Crippen LogP contribution < -0.4 is 16.0 Å². The third-order valence-electron chi connectivity index (χ3n) is 3.17. The van der Waals surface area contributed by atoms with Crippen molar-refractivity contribution in [2.75, 3.05) is 33.2 Å². The van der Waals surface area contributed by atoms with Crippen LogP contribution in [0, 0.1) is 0 Å². The van der Waals surface area contributed by atoms with E-state index in [1.807, 2.05) is 20.8 Å². The summed E-state index contributed by atoms with van der Waals surface area (Å²) < 4.78 is 37.1. The molecule has 0 aromatic rings. The van der Waals surface area contributed by atoms with Gasteiger partial charge in [-0.05, 0) is 27.2 Å². The molecule has 9 heteroatoms. The normalized spacial score (nSPS) is 20.5. The van der Waals surface area contributed by atoms with Crippen LogP contribution in [0.25, 0.3) is 0 Å². The molecule has 6 nitrogen and oxygen atoms in total. The van der Waals surface area contributed by atoms with E-state index in [1.54, 1.807) is 7.05 Å². The summed E-state index contributed by atoms with van der Waals surface area (Å²) in [5.74, 6) is 0.235. The Labute approximate surface area is 134 Å². The van der Waals surface area contributed by atoms with Crippen molar-refractivity contribution in [3.05, 3.63) is 0 Å². The molecule has 1 amide bonds. The van der Waals surface area contributed by atoms with E-state index < -0.39 is 12.7 Å². The van der Waals surface area contributed by atoms with Crippen molar-refractivity contribution >= 4 is 11.9 Å². The molecule has 1 saturated heterocycles. The van der Waals surface area contributed by atoms with Gasteiger partial charge in [-0.15, -0.1) is 0 Å². The molecule has 1 fully saturated rings. The molecule has 0 radical (unpaired) electrons. The van der Waals surface area contributed by atoms with Crippen LogP contribution in [-0.2, 0) is 4.79 Å². The average Bonchev–Trinajstić information content (AvgIpc) is 2.77. The number of rotatable bonds is 4. The van der Waals surface area contributed by atoms with Gasteiger partial charge in [-0.3, -0.25) is 14.7 Å². The second kappa shape index (κ2) is 7.85. The molecule has 1 aliphatic heterocycles. The number of hydrogen-bond acceptors (Lipinski definition) is 3. The second-order valence-corrected chi connectivity index (χ2v) is 6.70. The summed E-state index contributed by atoms with van der Waals surface area (Å²) in [4.78, 5) is 17.1. The number of carbonyl (C=O) groups excluding carboxylic acids is 1. The van der Waals surface area contributed by atoms with Gasteiger partial charge in [0, 0.05) is 31.7 Å². The van der Waals surface area contributed by atoms with Crippen molar-refractivity contribution in [3.8, 4) is 0 Å². The molecular formula is C14H26F3N5O. The Morgan fingerprint density at radius 1 is 1.30 bits per heavy atom. The molecule has 0 bridgehead atoms. The summed E-state index contributed by atoms with van der Waals surface area (Å²) >= 11 is 0. The van der Waals surface area contributed by atoms with Gasteiger partial charge in [0.05, 0.1) is 13.1 Å². The van der Waals surface area contributed by atoms with E-state index in [4.69, 9.17) is 0 Å². The lowest BCUT2D eigenvalue weighted by atomic mass is 10.1. The van der Waals surface area contributed by atoms with Crippen LogP contribution in [0.4, 0.5) is 13.2 Å². The number of likely N-dealkylation sites (tertiary alicyclic amines) is 1. The van der Waals surface area contributed by atoms with Gasteiger partial charge >= 0.3 is 6.18 Å². The van der Waals surface area contributed by atoms with Crippen LogP contribution in [0.15, 0.2) is 4.99 Å². The van der Waals surface area contributed by atoms with Gasteiger partial charge in [0.25, 0.3) is 0 Å². The highest BCUT2D eigenvalue weighted by Crippen LogP contribution is 2.19. The van der Waals surface area contributed by atoms with Crippen molar-refractivity contribution in [2.24, 2.45) is 4.99 Å². The highest BCUT2D eigenvalue weighted by atomic mass is 19.4. The van der Waals surface area contributed by atoms with Crippen molar-refractivity contribution in [3.63, 3.8) is 0 Å². The molecule has 134 valence electrons. The van der Waals surface area contributed by atoms with Gasteiger partial charge in [-0.2, -0.15) is 13.2 Å². The summed E-state index contributed by atoms with van der Waals surface area (Å²) in [5.41, 5.74) is -0.320. The summed E-state index contributed by atoms with van der Waals surface area (Å²) in [6.45, 7) is 5.48. The Balaban J connectivity index is 2.36. The predicted molar refractivity (Wildman–Crippen MR) is 83.3 cm³/mol. The van der Waals surface area contributed by atoms with E-state index in [0.717, 1.165) is 0 Å². The molecule has 23 heavy (non-hydrogen) atoms. The molecule has 1 aliphatic rings. The lowest BCUT2D eigenvalue weighted by molar-refractivity contribution is -0.143. The van der Waals surface area contributed by atoms with Crippen molar-refractivity contribution in [2.45, 2.75) is 44.9 Å². The predicted octanol–water partition coefficient (Wildman–Crippen LogP) is 0.703. The maximum absolute atomic E-state index is 12.4. The van der Waals surface area contributed by atoms with Crippen LogP contribution in [0.3, 0.4) is 0 Å². The molecule has 1 rings (SSSR count). The zero-order valence-corrected chi connectivity index (χ0v) is 14.0. The minimum atomic E-state index is -4.18. The first-order valence-corrected chi connectivity index (χ1v) is 7.56. The van der Waals surface area contributed by atoms with Gasteiger partial charge in [0.15, 0.2) is 5.96 Å². The maximum Gasteiger partial charge on any atom is 0.401 e. The van der Waals surface area contributed by atoms with Crippen molar-refractivity contribution < 1.29 is 18.0 Å². The lowest BCUT2D eigenvalue weighted by Crippen LogP contribution is -2.50. The number of halogens is 3. The number of guanidine groups is 1. The first kappa shape index (κ1) is 19.5. The Morgan fingerprint density at radius 3 is 2.48 bits per heavy atom. The second-order valence-electron chi connectivity index (χ2n) is 6.70. The zero-order valence-electron chi connectivity index (χ0n) is 14.0. The molecule has 3 N–H and O–H groups in total. The lowest BCUT2D eigenvalue weighted by Gasteiger charge is -2.22. The number of aliphatic imine (C=N–C) groups is 1. The standard InChI is InChI=1S/C14H26F3N5O/c1-13(2,3)21-11(23)7-19-12(18-4)20-10-5-6-22(8-10)9-14(15,16)17/h10H,5-9H2,1-4H3,(H,21,23)(H2,18,19,20). The SMILES string of the molecule is CN=C(NCC(=O)NC(C)(C)C)NC1CCN(CC(F)(F)F)C1. The zero-order chi connectivity index (χ0) is 17.7. The van der Waals surface area contributed by atoms with Crippen LogP contribution >= 0.6 is 0 Å². The van der Waals surface area contributed by atoms with E-state index >= 15 is 0 Å². The van der Waals surface area contributed by atoms with Gasteiger partial charge in [0.1, 0.15) is 0 Å². The number of carbonyl (C=O) groups is 1.